The zero-order valence-electron chi connectivity index (χ0n) is 20.8. The Morgan fingerprint density at radius 2 is 1.49 bits per heavy atom. The summed E-state index contributed by atoms with van der Waals surface area (Å²) in [6.45, 7) is 7.83. The molecule has 35 heavy (non-hydrogen) atoms. The first-order chi connectivity index (χ1) is 17.1. The molecule has 1 aliphatic heterocycles. The van der Waals surface area contributed by atoms with Crippen LogP contribution < -0.4 is 28.4 Å². The van der Waals surface area contributed by atoms with E-state index in [-0.39, 0.29) is 6.79 Å². The van der Waals surface area contributed by atoms with E-state index in [0.717, 1.165) is 57.8 Å². The van der Waals surface area contributed by atoms with Crippen LogP contribution in [0.5, 0.6) is 34.6 Å². The predicted octanol–water partition coefficient (Wildman–Crippen LogP) is 5.02. The monoisotopic (exact) mass is 478 g/mol. The fourth-order valence-corrected chi connectivity index (χ4v) is 4.64. The summed E-state index contributed by atoms with van der Waals surface area (Å²) in [5, 5.41) is 4.48. The molecule has 0 unspecified atom stereocenters. The van der Waals surface area contributed by atoms with Gasteiger partial charge in [0.1, 0.15) is 12.4 Å². The van der Waals surface area contributed by atoms with Crippen molar-refractivity contribution in [1.82, 2.24) is 9.88 Å². The van der Waals surface area contributed by atoms with Crippen LogP contribution in [0, 0.1) is 0 Å². The number of likely N-dealkylation sites (N-methyl/N-ethyl adjacent to an activating group) is 1. The van der Waals surface area contributed by atoms with Crippen LogP contribution in [0.3, 0.4) is 0 Å². The summed E-state index contributed by atoms with van der Waals surface area (Å²) in [4.78, 5) is 7.27. The molecule has 0 amide bonds. The summed E-state index contributed by atoms with van der Waals surface area (Å²) in [7, 11) is 4.86. The average molecular weight is 479 g/mol. The highest BCUT2D eigenvalue weighted by atomic mass is 16.7. The number of nitrogens with zero attached hydrogens (tertiary/aromatic N) is 2. The van der Waals surface area contributed by atoms with Crippen molar-refractivity contribution < 1.29 is 28.4 Å². The van der Waals surface area contributed by atoms with Crippen LogP contribution >= 0.6 is 0 Å². The smallest absolute Gasteiger partial charge is 0.231 e. The molecule has 0 aliphatic carbocycles. The van der Waals surface area contributed by atoms with E-state index in [9.17, 15) is 0 Å². The summed E-state index contributed by atoms with van der Waals surface area (Å²) >= 11 is 0. The van der Waals surface area contributed by atoms with Crippen molar-refractivity contribution in [3.63, 3.8) is 0 Å². The Morgan fingerprint density at radius 1 is 0.800 bits per heavy atom. The standard InChI is InChI=1S/C27H30N2O6/c1-6-29(7-2)8-9-33-24-11-16-10-22-23(35-15-34-22)12-17(16)26-25(24)18-13-20(30-3)21(31-4)14-19(18)27(28-26)32-5/h10-14H,6-9,15H2,1-5H3. The van der Waals surface area contributed by atoms with Crippen LogP contribution in [0.15, 0.2) is 30.3 Å². The van der Waals surface area contributed by atoms with E-state index in [1.807, 2.05) is 30.3 Å². The number of fused-ring (bicyclic) bond motifs is 6. The average Bonchev–Trinajstić information content (AvgIpc) is 3.35. The zero-order valence-corrected chi connectivity index (χ0v) is 20.8. The van der Waals surface area contributed by atoms with Crippen LogP contribution in [0.25, 0.3) is 32.4 Å². The van der Waals surface area contributed by atoms with Gasteiger partial charge in [-0.1, -0.05) is 13.8 Å². The summed E-state index contributed by atoms with van der Waals surface area (Å²) in [6, 6.07) is 9.84. The van der Waals surface area contributed by atoms with Gasteiger partial charge < -0.3 is 33.3 Å². The molecule has 1 aromatic heterocycles. The van der Waals surface area contributed by atoms with Crippen LogP contribution in [0.4, 0.5) is 0 Å². The Kier molecular flexibility index (Phi) is 6.30. The number of benzene rings is 3. The molecule has 0 fully saturated rings. The summed E-state index contributed by atoms with van der Waals surface area (Å²) < 4.78 is 34.6. The van der Waals surface area contributed by atoms with Crippen molar-refractivity contribution >= 4 is 32.4 Å². The van der Waals surface area contributed by atoms with E-state index in [4.69, 9.17) is 33.4 Å². The molecule has 3 aromatic carbocycles. The minimum Gasteiger partial charge on any atom is -0.493 e. The SMILES string of the molecule is CCN(CC)CCOc1cc2cc3c(cc2c2nc(OC)c4cc(OC)c(OC)cc4c12)OCO3. The van der Waals surface area contributed by atoms with E-state index >= 15 is 0 Å². The minimum absolute atomic E-state index is 0.202. The molecule has 4 aromatic rings. The number of pyridine rings is 1. The molecule has 1 aliphatic rings. The quantitative estimate of drug-likeness (QED) is 0.311. The normalized spacial score (nSPS) is 12.6. The Hall–Kier alpha value is -3.65. The van der Waals surface area contributed by atoms with Crippen molar-refractivity contribution in [2.24, 2.45) is 0 Å². The molecule has 0 N–H and O–H groups in total. The molecule has 2 heterocycles. The van der Waals surface area contributed by atoms with Gasteiger partial charge in [-0.25, -0.2) is 4.98 Å². The maximum atomic E-state index is 6.43. The van der Waals surface area contributed by atoms with Gasteiger partial charge in [-0.3, -0.25) is 0 Å². The van der Waals surface area contributed by atoms with Gasteiger partial charge in [0.2, 0.25) is 12.7 Å². The third kappa shape index (κ3) is 3.97. The highest BCUT2D eigenvalue weighted by molar-refractivity contribution is 6.20. The van der Waals surface area contributed by atoms with Gasteiger partial charge in [-0.05, 0) is 48.8 Å². The first kappa shape index (κ1) is 23.1. The van der Waals surface area contributed by atoms with Crippen molar-refractivity contribution in [3.8, 4) is 34.6 Å². The first-order valence-corrected chi connectivity index (χ1v) is 11.8. The van der Waals surface area contributed by atoms with E-state index in [1.165, 1.54) is 0 Å². The Morgan fingerprint density at radius 3 is 2.14 bits per heavy atom. The minimum atomic E-state index is 0.202. The number of ether oxygens (including phenoxy) is 6. The second-order valence-electron chi connectivity index (χ2n) is 8.27. The van der Waals surface area contributed by atoms with Gasteiger partial charge in [0.05, 0.1) is 32.2 Å². The summed E-state index contributed by atoms with van der Waals surface area (Å²) in [5.74, 6) is 3.87. The fraction of sp³-hybridized carbons (Fsp3) is 0.370. The van der Waals surface area contributed by atoms with Gasteiger partial charge in [0.15, 0.2) is 23.0 Å². The van der Waals surface area contributed by atoms with Gasteiger partial charge in [-0.2, -0.15) is 0 Å². The predicted molar refractivity (Wildman–Crippen MR) is 136 cm³/mol. The molecule has 8 heteroatoms. The van der Waals surface area contributed by atoms with Crippen LogP contribution in [-0.4, -0.2) is 64.2 Å². The highest BCUT2D eigenvalue weighted by Crippen LogP contribution is 2.46. The molecule has 0 saturated heterocycles. The van der Waals surface area contributed by atoms with Gasteiger partial charge >= 0.3 is 0 Å². The molecule has 5 rings (SSSR count). The lowest BCUT2D eigenvalue weighted by atomic mass is 9.99. The third-order valence-corrected chi connectivity index (χ3v) is 6.56. The summed E-state index contributed by atoms with van der Waals surface area (Å²) in [5.41, 5.74) is 0.759. The maximum Gasteiger partial charge on any atom is 0.231 e. The van der Waals surface area contributed by atoms with Crippen molar-refractivity contribution in [2.75, 3.05) is 54.4 Å². The fourth-order valence-electron chi connectivity index (χ4n) is 4.64. The largest absolute Gasteiger partial charge is 0.493 e. The molecule has 0 bridgehead atoms. The molecule has 184 valence electrons. The van der Waals surface area contributed by atoms with Gasteiger partial charge in [0, 0.05) is 22.7 Å². The lowest BCUT2D eigenvalue weighted by Gasteiger charge is -2.20. The van der Waals surface area contributed by atoms with E-state index in [2.05, 4.69) is 18.7 Å². The topological polar surface area (TPSA) is 71.5 Å². The first-order valence-electron chi connectivity index (χ1n) is 11.8. The van der Waals surface area contributed by atoms with Crippen LogP contribution in [0.2, 0.25) is 0 Å². The number of hydrogen-bond donors (Lipinski definition) is 0. The lowest BCUT2D eigenvalue weighted by Crippen LogP contribution is -2.27. The van der Waals surface area contributed by atoms with Crippen molar-refractivity contribution in [1.29, 1.82) is 0 Å². The Labute approximate surface area is 204 Å². The van der Waals surface area contributed by atoms with E-state index < -0.39 is 0 Å². The Bertz CT molecular complexity index is 1400. The van der Waals surface area contributed by atoms with Crippen LogP contribution in [0.1, 0.15) is 13.8 Å². The third-order valence-electron chi connectivity index (χ3n) is 6.56. The molecule has 8 nitrogen and oxygen atoms in total. The Balaban J connectivity index is 1.80. The molecule has 0 atom stereocenters. The number of hydrogen-bond acceptors (Lipinski definition) is 8. The number of aromatic nitrogens is 1. The van der Waals surface area contributed by atoms with E-state index in [0.29, 0.717) is 35.5 Å². The second-order valence-corrected chi connectivity index (χ2v) is 8.27. The number of methoxy groups -OCH3 is 3. The zero-order chi connectivity index (χ0) is 24.5. The summed E-state index contributed by atoms with van der Waals surface area (Å²) in [6.07, 6.45) is 0. The van der Waals surface area contributed by atoms with Crippen molar-refractivity contribution in [3.05, 3.63) is 30.3 Å². The van der Waals surface area contributed by atoms with Crippen molar-refractivity contribution in [2.45, 2.75) is 13.8 Å². The van der Waals surface area contributed by atoms with Gasteiger partial charge in [0.25, 0.3) is 0 Å². The second kappa shape index (κ2) is 9.54. The lowest BCUT2D eigenvalue weighted by molar-refractivity contribution is 0.174. The van der Waals surface area contributed by atoms with E-state index in [1.54, 1.807) is 21.3 Å². The van der Waals surface area contributed by atoms with Crippen LogP contribution in [-0.2, 0) is 0 Å². The highest BCUT2D eigenvalue weighted by Gasteiger charge is 2.22. The molecular formula is C27H30N2O6. The molecule has 0 saturated carbocycles. The molecule has 0 spiro atoms. The van der Waals surface area contributed by atoms with Gasteiger partial charge in [-0.15, -0.1) is 0 Å². The molecule has 0 radical (unpaired) electrons. The maximum absolute atomic E-state index is 6.43. The molecular weight excluding hydrogens is 448 g/mol. The number of rotatable bonds is 9.